The molecule has 1 unspecified atom stereocenters. The summed E-state index contributed by atoms with van der Waals surface area (Å²) < 4.78 is 23.1. The first-order valence-corrected chi connectivity index (χ1v) is 3.86. The number of carbonyl (C=O) groups excluding carboxylic acids is 2. The van der Waals surface area contributed by atoms with Crippen LogP contribution in [0.1, 0.15) is 12.8 Å². The number of carbonyl (C=O) groups is 2. The van der Waals surface area contributed by atoms with Crippen molar-refractivity contribution in [1.82, 2.24) is 5.48 Å². The number of hydroxylamine groups is 1. The van der Waals surface area contributed by atoms with E-state index in [1.54, 1.807) is 5.48 Å². The summed E-state index contributed by atoms with van der Waals surface area (Å²) in [6, 6.07) is 0. The van der Waals surface area contributed by atoms with Gasteiger partial charge in [0.2, 0.25) is 11.8 Å². The van der Waals surface area contributed by atoms with Gasteiger partial charge in [0.15, 0.2) is 0 Å². The van der Waals surface area contributed by atoms with E-state index in [2.05, 4.69) is 4.28 Å². The molecule has 1 atom stereocenters. The largest absolute Gasteiger partial charge is 0.748 e. The average molecular weight is 195 g/mol. The molecule has 7 nitrogen and oxygen atoms in total. The molecule has 70 valence electrons. The van der Waals surface area contributed by atoms with Crippen molar-refractivity contribution in [1.29, 1.82) is 0 Å². The van der Waals surface area contributed by atoms with E-state index in [-0.39, 0.29) is 12.8 Å². The zero-order valence-corrected chi connectivity index (χ0v) is 6.76. The third-order valence-corrected chi connectivity index (χ3v) is 1.04. The Morgan fingerprint density at radius 3 is 2.50 bits per heavy atom. The summed E-state index contributed by atoms with van der Waals surface area (Å²) in [4.78, 5) is 20.7. The van der Waals surface area contributed by atoms with E-state index in [1.807, 2.05) is 0 Å². The molecule has 0 aliphatic rings. The third kappa shape index (κ3) is 7.12. The molecular formula is C4H7N2O5S-. The maximum absolute atomic E-state index is 10.5. The Morgan fingerprint density at radius 1 is 1.50 bits per heavy atom. The highest BCUT2D eigenvalue weighted by atomic mass is 32.2. The minimum Gasteiger partial charge on any atom is -0.748 e. The van der Waals surface area contributed by atoms with Crippen LogP contribution in [0.3, 0.4) is 0 Å². The molecule has 0 aromatic heterocycles. The maximum atomic E-state index is 10.5. The molecule has 0 fully saturated rings. The molecule has 0 aliphatic heterocycles. The van der Waals surface area contributed by atoms with Crippen molar-refractivity contribution in [3.63, 3.8) is 0 Å². The molecule has 12 heavy (non-hydrogen) atoms. The van der Waals surface area contributed by atoms with Crippen LogP contribution in [-0.4, -0.2) is 20.6 Å². The standard InChI is InChI=1S/C4H8N2O5S/c5-3(7)1-2-4(8)6-11-12(9)10/h1-2H2,(H2,5,7)(H,6,8)(H,9,10)/p-1. The van der Waals surface area contributed by atoms with Crippen molar-refractivity contribution in [3.05, 3.63) is 0 Å². The van der Waals surface area contributed by atoms with Gasteiger partial charge >= 0.3 is 0 Å². The Bertz CT molecular complexity index is 186. The van der Waals surface area contributed by atoms with Gasteiger partial charge in [0.1, 0.15) is 11.4 Å². The number of hydrogen-bond acceptors (Lipinski definition) is 5. The van der Waals surface area contributed by atoms with E-state index >= 15 is 0 Å². The van der Waals surface area contributed by atoms with Crippen LogP contribution in [0.2, 0.25) is 0 Å². The zero-order chi connectivity index (χ0) is 9.56. The number of amides is 2. The first kappa shape index (κ1) is 11.0. The van der Waals surface area contributed by atoms with Crippen LogP contribution < -0.4 is 11.2 Å². The van der Waals surface area contributed by atoms with E-state index in [1.165, 1.54) is 0 Å². The molecule has 0 saturated carbocycles. The van der Waals surface area contributed by atoms with Gasteiger partial charge in [-0.25, -0.2) is 9.69 Å². The zero-order valence-electron chi connectivity index (χ0n) is 5.94. The minimum atomic E-state index is -2.80. The molecule has 0 saturated heterocycles. The third-order valence-electron chi connectivity index (χ3n) is 0.822. The lowest BCUT2D eigenvalue weighted by Crippen LogP contribution is -2.25. The Labute approximate surface area is 70.7 Å². The van der Waals surface area contributed by atoms with Gasteiger partial charge in [-0.1, -0.05) is 0 Å². The van der Waals surface area contributed by atoms with Gasteiger partial charge in [-0.05, 0) is 0 Å². The van der Waals surface area contributed by atoms with Crippen molar-refractivity contribution in [2.24, 2.45) is 5.73 Å². The van der Waals surface area contributed by atoms with Crippen molar-refractivity contribution >= 4 is 23.2 Å². The molecule has 2 amide bonds. The molecule has 3 N–H and O–H groups in total. The normalized spacial score (nSPS) is 12.1. The number of rotatable bonds is 5. The molecule has 0 heterocycles. The van der Waals surface area contributed by atoms with Crippen LogP contribution in [-0.2, 0) is 25.2 Å². The SMILES string of the molecule is NC(=O)CCC(=O)NOS(=O)[O-]. The van der Waals surface area contributed by atoms with Crippen LogP contribution in [0.4, 0.5) is 0 Å². The lowest BCUT2D eigenvalue weighted by atomic mass is 10.3. The van der Waals surface area contributed by atoms with Gasteiger partial charge < -0.3 is 10.3 Å². The molecule has 0 spiro atoms. The van der Waals surface area contributed by atoms with Crippen LogP contribution >= 0.6 is 0 Å². The fourth-order valence-electron chi connectivity index (χ4n) is 0.368. The Kier molecular flexibility index (Phi) is 5.17. The van der Waals surface area contributed by atoms with E-state index in [9.17, 15) is 18.4 Å². The lowest BCUT2D eigenvalue weighted by Gasteiger charge is -2.05. The topological polar surface area (TPSA) is 122 Å². The second-order valence-corrected chi connectivity index (χ2v) is 2.35. The second-order valence-electron chi connectivity index (χ2n) is 1.78. The summed E-state index contributed by atoms with van der Waals surface area (Å²) in [5.41, 5.74) is 6.29. The van der Waals surface area contributed by atoms with Crippen LogP contribution in [0.15, 0.2) is 0 Å². The predicted octanol–water partition coefficient (Wildman–Crippen LogP) is -1.91. The van der Waals surface area contributed by atoms with Gasteiger partial charge in [-0.2, -0.15) is 4.28 Å². The molecule has 0 aromatic carbocycles. The van der Waals surface area contributed by atoms with Crippen molar-refractivity contribution in [2.45, 2.75) is 12.8 Å². The highest BCUT2D eigenvalue weighted by Gasteiger charge is 2.03. The fourth-order valence-corrected chi connectivity index (χ4v) is 0.529. The predicted molar refractivity (Wildman–Crippen MR) is 36.6 cm³/mol. The number of nitrogens with one attached hydrogen (secondary N) is 1. The highest BCUT2D eigenvalue weighted by molar-refractivity contribution is 7.74. The highest BCUT2D eigenvalue weighted by Crippen LogP contribution is 1.87. The van der Waals surface area contributed by atoms with Crippen molar-refractivity contribution in [3.8, 4) is 0 Å². The number of nitrogens with two attached hydrogens (primary N) is 1. The lowest BCUT2D eigenvalue weighted by molar-refractivity contribution is -0.129. The molecule has 0 aromatic rings. The molecule has 8 heteroatoms. The molecule has 0 rings (SSSR count). The van der Waals surface area contributed by atoms with Crippen molar-refractivity contribution in [2.75, 3.05) is 0 Å². The molecule has 0 radical (unpaired) electrons. The minimum absolute atomic E-state index is 0.152. The van der Waals surface area contributed by atoms with Gasteiger partial charge in [-0.3, -0.25) is 9.59 Å². The van der Waals surface area contributed by atoms with Gasteiger partial charge in [-0.15, -0.1) is 0 Å². The quantitative estimate of drug-likeness (QED) is 0.391. The summed E-state index contributed by atoms with van der Waals surface area (Å²) in [6.45, 7) is 0. The first-order chi connectivity index (χ1) is 5.52. The summed E-state index contributed by atoms with van der Waals surface area (Å²) in [5.74, 6) is -1.37. The van der Waals surface area contributed by atoms with E-state index in [0.717, 1.165) is 0 Å². The van der Waals surface area contributed by atoms with Gasteiger partial charge in [0.25, 0.3) is 0 Å². The van der Waals surface area contributed by atoms with Crippen LogP contribution in [0.5, 0.6) is 0 Å². The summed E-state index contributed by atoms with van der Waals surface area (Å²) in [6.07, 6.45) is -0.354. The molecule has 0 aliphatic carbocycles. The number of hydrogen-bond donors (Lipinski definition) is 2. The van der Waals surface area contributed by atoms with E-state index < -0.39 is 23.2 Å². The summed E-state index contributed by atoms with van der Waals surface area (Å²) in [7, 11) is 0. The maximum Gasteiger partial charge on any atom is 0.245 e. The monoisotopic (exact) mass is 195 g/mol. The average Bonchev–Trinajstić information content (AvgIpc) is 1.96. The van der Waals surface area contributed by atoms with Gasteiger partial charge in [0.05, 0.1) is 0 Å². The second kappa shape index (κ2) is 5.63. The Hall–Kier alpha value is -0.990. The van der Waals surface area contributed by atoms with Crippen LogP contribution in [0, 0.1) is 0 Å². The molecule has 0 bridgehead atoms. The summed E-state index contributed by atoms with van der Waals surface area (Å²) in [5, 5.41) is 0. The van der Waals surface area contributed by atoms with Crippen molar-refractivity contribution < 1.29 is 22.6 Å². The first-order valence-electron chi connectivity index (χ1n) is 2.86. The van der Waals surface area contributed by atoms with Crippen LogP contribution in [0.25, 0.3) is 0 Å². The van der Waals surface area contributed by atoms with E-state index in [4.69, 9.17) is 5.73 Å². The van der Waals surface area contributed by atoms with E-state index in [0.29, 0.717) is 0 Å². The van der Waals surface area contributed by atoms with Gasteiger partial charge in [0, 0.05) is 12.8 Å². The Balaban J connectivity index is 3.47. The number of primary amides is 1. The smallest absolute Gasteiger partial charge is 0.245 e. The summed E-state index contributed by atoms with van der Waals surface area (Å²) >= 11 is -2.80. The fraction of sp³-hybridized carbons (Fsp3) is 0.500. The molecular weight excluding hydrogens is 188 g/mol. The Morgan fingerprint density at radius 2 is 2.08 bits per heavy atom.